The molecule has 0 saturated heterocycles. The van der Waals surface area contributed by atoms with Gasteiger partial charge in [-0.2, -0.15) is 0 Å². The average Bonchev–Trinajstić information content (AvgIpc) is 2.28. The zero-order valence-electron chi connectivity index (χ0n) is 12.7. The summed E-state index contributed by atoms with van der Waals surface area (Å²) in [4.78, 5) is 23.0. The molecule has 2 amide bonds. The Morgan fingerprint density at radius 1 is 0.789 bits per heavy atom. The fourth-order valence-corrected chi connectivity index (χ4v) is 1.77. The molecule has 0 N–H and O–H groups in total. The number of rotatable bonds is 3. The molecule has 0 fully saturated rings. The molecule has 0 saturated carbocycles. The van der Waals surface area contributed by atoms with E-state index in [0.29, 0.717) is 18.5 Å². The van der Waals surface area contributed by atoms with Crippen LogP contribution in [0, 0.1) is 0 Å². The number of nitrogens with zero attached hydrogens (tertiary/aromatic N) is 1. The number of amides is 2. The maximum atomic E-state index is 11.0. The van der Waals surface area contributed by atoms with Crippen molar-refractivity contribution in [3.63, 3.8) is 0 Å². The lowest BCUT2D eigenvalue weighted by atomic mass is 9.80. The van der Waals surface area contributed by atoms with Crippen LogP contribution in [0.5, 0.6) is 0 Å². The summed E-state index contributed by atoms with van der Waals surface area (Å²) in [6.45, 7) is 12.7. The number of carbonyl (C=O) groups excluding carboxylic acids is 2. The van der Waals surface area contributed by atoms with E-state index in [1.165, 1.54) is 0 Å². The van der Waals surface area contributed by atoms with E-state index in [1.54, 1.807) is 0 Å². The third-order valence-corrected chi connectivity index (χ3v) is 3.18. The van der Waals surface area contributed by atoms with Gasteiger partial charge < -0.3 is 0 Å². The molecular formula is C16H23NO2. The fraction of sp³-hybridized carbons (Fsp3) is 0.500. The summed E-state index contributed by atoms with van der Waals surface area (Å²) in [5.41, 5.74) is 2.79. The molecule has 0 aliphatic heterocycles. The molecule has 19 heavy (non-hydrogen) atoms. The van der Waals surface area contributed by atoms with Gasteiger partial charge in [-0.15, -0.1) is 0 Å². The van der Waals surface area contributed by atoms with Gasteiger partial charge in [0.25, 0.3) is 0 Å². The predicted octanol–water partition coefficient (Wildman–Crippen LogP) is 3.40. The van der Waals surface area contributed by atoms with Gasteiger partial charge in [-0.05, 0) is 34.1 Å². The maximum absolute atomic E-state index is 11.0. The van der Waals surface area contributed by atoms with Crippen LogP contribution in [0.2, 0.25) is 0 Å². The Morgan fingerprint density at radius 2 is 1.16 bits per heavy atom. The molecular weight excluding hydrogens is 238 g/mol. The summed E-state index contributed by atoms with van der Waals surface area (Å²) in [6.07, 6.45) is 1.09. The molecule has 0 aliphatic carbocycles. The predicted molar refractivity (Wildman–Crippen MR) is 78.4 cm³/mol. The molecule has 0 atom stereocenters. The Bertz CT molecular complexity index is 438. The normalized spacial score (nSPS) is 12.1. The number of carbonyl (C=O) groups is 2. The first-order chi connectivity index (χ1) is 8.59. The Labute approximate surface area is 115 Å². The highest BCUT2D eigenvalue weighted by molar-refractivity contribution is 5.95. The van der Waals surface area contributed by atoms with Gasteiger partial charge in [0.2, 0.25) is 12.8 Å². The van der Waals surface area contributed by atoms with E-state index in [0.717, 1.165) is 16.0 Å². The van der Waals surface area contributed by atoms with E-state index < -0.39 is 0 Å². The average molecular weight is 261 g/mol. The van der Waals surface area contributed by atoms with Crippen molar-refractivity contribution in [2.75, 3.05) is 4.90 Å². The summed E-state index contributed by atoms with van der Waals surface area (Å²) in [6, 6.07) is 5.95. The molecule has 1 aromatic carbocycles. The molecule has 0 aromatic heterocycles. The molecule has 0 unspecified atom stereocenters. The smallest absolute Gasteiger partial charge is 0.220 e. The Morgan fingerprint density at radius 3 is 1.42 bits per heavy atom. The molecule has 104 valence electrons. The van der Waals surface area contributed by atoms with Crippen LogP contribution in [0.15, 0.2) is 18.2 Å². The summed E-state index contributed by atoms with van der Waals surface area (Å²) in [7, 11) is 0. The topological polar surface area (TPSA) is 37.4 Å². The molecule has 0 bridgehead atoms. The van der Waals surface area contributed by atoms with Crippen LogP contribution in [-0.2, 0) is 20.4 Å². The summed E-state index contributed by atoms with van der Waals surface area (Å²) in [5, 5.41) is 0. The first kappa shape index (κ1) is 15.4. The SMILES string of the molecule is CC(C)(C)c1cc(N(C=O)C=O)cc(C(C)(C)C)c1. The van der Waals surface area contributed by atoms with Crippen molar-refractivity contribution in [1.29, 1.82) is 0 Å². The van der Waals surface area contributed by atoms with Crippen molar-refractivity contribution in [2.45, 2.75) is 52.4 Å². The molecule has 0 spiro atoms. The van der Waals surface area contributed by atoms with E-state index in [2.05, 4.69) is 47.6 Å². The Kier molecular flexibility index (Phi) is 4.18. The minimum Gasteiger partial charge on any atom is -0.278 e. The first-order valence-electron chi connectivity index (χ1n) is 6.44. The van der Waals surface area contributed by atoms with Crippen LogP contribution in [0.3, 0.4) is 0 Å². The van der Waals surface area contributed by atoms with Crippen molar-refractivity contribution in [2.24, 2.45) is 0 Å². The van der Waals surface area contributed by atoms with Gasteiger partial charge in [0.05, 0.1) is 5.69 Å². The minimum absolute atomic E-state index is 0.0343. The zero-order chi connectivity index (χ0) is 14.8. The lowest BCUT2D eigenvalue weighted by Gasteiger charge is -2.27. The Hall–Kier alpha value is -1.64. The quantitative estimate of drug-likeness (QED) is 0.782. The summed E-state index contributed by atoms with van der Waals surface area (Å²) < 4.78 is 0. The maximum Gasteiger partial charge on any atom is 0.220 e. The molecule has 1 aromatic rings. The number of benzene rings is 1. The number of imide groups is 1. The third kappa shape index (κ3) is 3.66. The van der Waals surface area contributed by atoms with Crippen LogP contribution in [0.1, 0.15) is 52.7 Å². The second-order valence-electron chi connectivity index (χ2n) is 6.89. The monoisotopic (exact) mass is 261 g/mol. The van der Waals surface area contributed by atoms with Gasteiger partial charge in [0, 0.05) is 0 Å². The lowest BCUT2D eigenvalue weighted by molar-refractivity contribution is -0.113. The van der Waals surface area contributed by atoms with E-state index >= 15 is 0 Å². The van der Waals surface area contributed by atoms with Crippen LogP contribution in [-0.4, -0.2) is 12.8 Å². The molecule has 0 aliphatic rings. The third-order valence-electron chi connectivity index (χ3n) is 3.18. The first-order valence-corrected chi connectivity index (χ1v) is 6.44. The van der Waals surface area contributed by atoms with E-state index in [9.17, 15) is 9.59 Å². The zero-order valence-corrected chi connectivity index (χ0v) is 12.7. The number of hydrogen-bond donors (Lipinski definition) is 0. The van der Waals surface area contributed by atoms with Crippen molar-refractivity contribution in [1.82, 2.24) is 0 Å². The van der Waals surface area contributed by atoms with Gasteiger partial charge in [-0.3, -0.25) is 14.5 Å². The molecule has 0 radical (unpaired) electrons. The van der Waals surface area contributed by atoms with E-state index in [-0.39, 0.29) is 10.8 Å². The van der Waals surface area contributed by atoms with Crippen LogP contribution in [0.25, 0.3) is 0 Å². The summed E-state index contributed by atoms with van der Waals surface area (Å²) >= 11 is 0. The largest absolute Gasteiger partial charge is 0.278 e. The van der Waals surface area contributed by atoms with Crippen LogP contribution in [0.4, 0.5) is 5.69 Å². The van der Waals surface area contributed by atoms with E-state index in [4.69, 9.17) is 0 Å². The number of hydrogen-bond acceptors (Lipinski definition) is 2. The Balaban J connectivity index is 3.49. The molecule has 3 heteroatoms. The van der Waals surface area contributed by atoms with Crippen LogP contribution >= 0.6 is 0 Å². The molecule has 3 nitrogen and oxygen atoms in total. The number of anilines is 1. The molecule has 1 rings (SSSR count). The van der Waals surface area contributed by atoms with Crippen molar-refractivity contribution in [3.05, 3.63) is 29.3 Å². The van der Waals surface area contributed by atoms with Crippen LogP contribution < -0.4 is 4.90 Å². The van der Waals surface area contributed by atoms with Gasteiger partial charge in [0.1, 0.15) is 0 Å². The van der Waals surface area contributed by atoms with Crippen molar-refractivity contribution in [3.8, 4) is 0 Å². The van der Waals surface area contributed by atoms with Gasteiger partial charge in [-0.25, -0.2) is 0 Å². The standard InChI is InChI=1S/C16H23NO2/c1-15(2,3)12-7-13(16(4,5)6)9-14(8-12)17(10-18)11-19/h7-11H,1-6H3. The highest BCUT2D eigenvalue weighted by atomic mass is 16.2. The van der Waals surface area contributed by atoms with Gasteiger partial charge >= 0.3 is 0 Å². The second-order valence-corrected chi connectivity index (χ2v) is 6.89. The highest BCUT2D eigenvalue weighted by Crippen LogP contribution is 2.32. The molecule has 0 heterocycles. The highest BCUT2D eigenvalue weighted by Gasteiger charge is 2.21. The van der Waals surface area contributed by atoms with Crippen molar-refractivity contribution >= 4 is 18.5 Å². The van der Waals surface area contributed by atoms with E-state index in [1.807, 2.05) is 12.1 Å². The van der Waals surface area contributed by atoms with Gasteiger partial charge in [0.15, 0.2) is 0 Å². The fourth-order valence-electron chi connectivity index (χ4n) is 1.77. The second kappa shape index (κ2) is 5.16. The lowest BCUT2D eigenvalue weighted by Crippen LogP contribution is -2.22. The summed E-state index contributed by atoms with van der Waals surface area (Å²) in [5.74, 6) is 0. The van der Waals surface area contributed by atoms with Gasteiger partial charge in [-0.1, -0.05) is 47.6 Å². The minimum atomic E-state index is -0.0343. The van der Waals surface area contributed by atoms with Crippen molar-refractivity contribution < 1.29 is 9.59 Å².